The van der Waals surface area contributed by atoms with Crippen molar-refractivity contribution in [1.29, 1.82) is 0 Å². The van der Waals surface area contributed by atoms with Crippen LogP contribution in [0.5, 0.6) is 0 Å². The summed E-state index contributed by atoms with van der Waals surface area (Å²) in [5.74, 6) is 2.47. The summed E-state index contributed by atoms with van der Waals surface area (Å²) in [5.41, 5.74) is 5.85. The molecule has 1 aromatic heterocycles. The molecule has 3 unspecified atom stereocenters. The summed E-state index contributed by atoms with van der Waals surface area (Å²) in [5, 5.41) is 12.9. The van der Waals surface area contributed by atoms with E-state index in [2.05, 4.69) is 17.1 Å². The van der Waals surface area contributed by atoms with E-state index in [9.17, 15) is 0 Å². The van der Waals surface area contributed by atoms with Crippen LogP contribution in [0, 0.1) is 5.92 Å². The molecular formula is C13H23N3O2. The maximum atomic E-state index is 8.85. The third-order valence-corrected chi connectivity index (χ3v) is 3.94. The topological polar surface area (TPSA) is 85.2 Å². The average molecular weight is 253 g/mol. The van der Waals surface area contributed by atoms with Gasteiger partial charge in [-0.15, -0.1) is 0 Å². The lowest BCUT2D eigenvalue weighted by molar-refractivity contribution is 0.258. The molecule has 1 aliphatic carbocycles. The highest BCUT2D eigenvalue weighted by Crippen LogP contribution is 2.36. The van der Waals surface area contributed by atoms with E-state index < -0.39 is 0 Å². The Labute approximate surface area is 108 Å². The highest BCUT2D eigenvalue weighted by Gasteiger charge is 2.26. The van der Waals surface area contributed by atoms with Gasteiger partial charge >= 0.3 is 0 Å². The second-order valence-electron chi connectivity index (χ2n) is 5.25. The van der Waals surface area contributed by atoms with E-state index in [1.165, 1.54) is 19.3 Å². The van der Waals surface area contributed by atoms with Gasteiger partial charge in [0.1, 0.15) is 0 Å². The second-order valence-corrected chi connectivity index (χ2v) is 5.25. The van der Waals surface area contributed by atoms with E-state index in [4.69, 9.17) is 15.4 Å². The molecule has 0 amide bonds. The molecule has 0 radical (unpaired) electrons. The predicted molar refractivity (Wildman–Crippen MR) is 67.9 cm³/mol. The van der Waals surface area contributed by atoms with Crippen molar-refractivity contribution in [2.24, 2.45) is 11.7 Å². The largest absolute Gasteiger partial charge is 0.396 e. The Kier molecular flexibility index (Phi) is 4.72. The standard InChI is InChI=1S/C13H23N3O2/c1-2-9-4-3-5-10(8-9)12-15-13(18-16-12)11(14)6-7-17/h9-11,17H,2-8,14H2,1H3. The van der Waals surface area contributed by atoms with Crippen LogP contribution < -0.4 is 5.73 Å². The molecule has 1 fully saturated rings. The fourth-order valence-electron chi connectivity index (χ4n) is 2.72. The Bertz CT molecular complexity index is 367. The third-order valence-electron chi connectivity index (χ3n) is 3.94. The summed E-state index contributed by atoms with van der Waals surface area (Å²) in [6.45, 7) is 2.28. The highest BCUT2D eigenvalue weighted by atomic mass is 16.5. The van der Waals surface area contributed by atoms with E-state index in [0.717, 1.165) is 24.6 Å². The molecule has 1 aromatic rings. The van der Waals surface area contributed by atoms with Crippen molar-refractivity contribution in [3.8, 4) is 0 Å². The first-order valence-electron chi connectivity index (χ1n) is 6.94. The molecule has 0 aromatic carbocycles. The van der Waals surface area contributed by atoms with Gasteiger partial charge in [-0.05, 0) is 25.2 Å². The number of aromatic nitrogens is 2. The average Bonchev–Trinajstić information content (AvgIpc) is 2.89. The second kappa shape index (κ2) is 6.29. The van der Waals surface area contributed by atoms with Gasteiger partial charge in [0.05, 0.1) is 6.04 Å². The number of hydrogen-bond donors (Lipinski definition) is 2. The van der Waals surface area contributed by atoms with Crippen molar-refractivity contribution >= 4 is 0 Å². The van der Waals surface area contributed by atoms with Gasteiger partial charge < -0.3 is 15.4 Å². The van der Waals surface area contributed by atoms with Crippen molar-refractivity contribution in [3.05, 3.63) is 11.7 Å². The van der Waals surface area contributed by atoms with Gasteiger partial charge in [-0.1, -0.05) is 31.3 Å². The minimum atomic E-state index is -0.346. The minimum Gasteiger partial charge on any atom is -0.396 e. The van der Waals surface area contributed by atoms with Crippen LogP contribution in [0.3, 0.4) is 0 Å². The molecule has 5 heteroatoms. The van der Waals surface area contributed by atoms with E-state index in [-0.39, 0.29) is 12.6 Å². The van der Waals surface area contributed by atoms with E-state index in [1.54, 1.807) is 0 Å². The molecule has 3 N–H and O–H groups in total. The summed E-state index contributed by atoms with van der Waals surface area (Å²) < 4.78 is 5.20. The van der Waals surface area contributed by atoms with E-state index in [0.29, 0.717) is 18.2 Å². The van der Waals surface area contributed by atoms with Crippen LogP contribution in [0.1, 0.15) is 69.1 Å². The molecule has 1 heterocycles. The Morgan fingerprint density at radius 3 is 3.06 bits per heavy atom. The highest BCUT2D eigenvalue weighted by molar-refractivity contribution is 5.00. The molecule has 0 bridgehead atoms. The van der Waals surface area contributed by atoms with Crippen molar-refractivity contribution in [2.75, 3.05) is 6.61 Å². The first-order chi connectivity index (χ1) is 8.74. The lowest BCUT2D eigenvalue weighted by Gasteiger charge is -2.26. The number of aliphatic hydroxyl groups is 1. The summed E-state index contributed by atoms with van der Waals surface area (Å²) in [6, 6.07) is -0.346. The molecule has 1 aliphatic rings. The van der Waals surface area contributed by atoms with Crippen molar-refractivity contribution in [1.82, 2.24) is 10.1 Å². The van der Waals surface area contributed by atoms with Crippen LogP contribution in [-0.2, 0) is 0 Å². The molecule has 5 nitrogen and oxygen atoms in total. The Hall–Kier alpha value is -0.940. The van der Waals surface area contributed by atoms with Gasteiger partial charge in [0.25, 0.3) is 0 Å². The van der Waals surface area contributed by atoms with Gasteiger partial charge in [0, 0.05) is 12.5 Å². The van der Waals surface area contributed by atoms with Gasteiger partial charge in [0.2, 0.25) is 5.89 Å². The summed E-state index contributed by atoms with van der Waals surface area (Å²) in [4.78, 5) is 4.41. The number of aliphatic hydroxyl groups excluding tert-OH is 1. The quantitative estimate of drug-likeness (QED) is 0.839. The van der Waals surface area contributed by atoms with Crippen LogP contribution in [0.2, 0.25) is 0 Å². The summed E-state index contributed by atoms with van der Waals surface area (Å²) >= 11 is 0. The molecule has 0 spiro atoms. The van der Waals surface area contributed by atoms with Crippen molar-refractivity contribution < 1.29 is 9.63 Å². The Balaban J connectivity index is 2.00. The third kappa shape index (κ3) is 3.09. The van der Waals surface area contributed by atoms with E-state index >= 15 is 0 Å². The number of hydrogen-bond acceptors (Lipinski definition) is 5. The number of nitrogens with zero attached hydrogens (tertiary/aromatic N) is 2. The van der Waals surface area contributed by atoms with Crippen LogP contribution in [-0.4, -0.2) is 21.9 Å². The smallest absolute Gasteiger partial charge is 0.243 e. The molecular weight excluding hydrogens is 230 g/mol. The fraction of sp³-hybridized carbons (Fsp3) is 0.846. The first-order valence-corrected chi connectivity index (χ1v) is 6.94. The molecule has 18 heavy (non-hydrogen) atoms. The lowest BCUT2D eigenvalue weighted by atomic mass is 9.80. The van der Waals surface area contributed by atoms with Crippen LogP contribution in [0.15, 0.2) is 4.52 Å². The molecule has 3 atom stereocenters. The monoisotopic (exact) mass is 253 g/mol. The molecule has 2 rings (SSSR count). The van der Waals surface area contributed by atoms with Gasteiger partial charge in [0.15, 0.2) is 5.82 Å². The van der Waals surface area contributed by atoms with Gasteiger partial charge in [-0.25, -0.2) is 0 Å². The van der Waals surface area contributed by atoms with Gasteiger partial charge in [-0.2, -0.15) is 4.98 Å². The van der Waals surface area contributed by atoms with E-state index in [1.807, 2.05) is 0 Å². The SMILES string of the molecule is CCC1CCCC(c2noc(C(N)CCO)n2)C1. The summed E-state index contributed by atoms with van der Waals surface area (Å²) in [6.07, 6.45) is 6.56. The van der Waals surface area contributed by atoms with Crippen LogP contribution in [0.25, 0.3) is 0 Å². The zero-order valence-electron chi connectivity index (χ0n) is 11.0. The van der Waals surface area contributed by atoms with Crippen LogP contribution >= 0.6 is 0 Å². The molecule has 1 saturated carbocycles. The number of rotatable bonds is 5. The normalized spacial score (nSPS) is 26.2. The Morgan fingerprint density at radius 2 is 2.33 bits per heavy atom. The molecule has 0 saturated heterocycles. The Morgan fingerprint density at radius 1 is 1.50 bits per heavy atom. The van der Waals surface area contributed by atoms with Gasteiger partial charge in [-0.3, -0.25) is 0 Å². The zero-order valence-corrected chi connectivity index (χ0v) is 11.0. The fourth-order valence-corrected chi connectivity index (χ4v) is 2.72. The minimum absolute atomic E-state index is 0.0419. The zero-order chi connectivity index (χ0) is 13.0. The molecule has 0 aliphatic heterocycles. The number of nitrogens with two attached hydrogens (primary N) is 1. The lowest BCUT2D eigenvalue weighted by Crippen LogP contribution is -2.15. The maximum Gasteiger partial charge on any atom is 0.243 e. The maximum absolute atomic E-state index is 8.85. The first kappa shape index (κ1) is 13.5. The van der Waals surface area contributed by atoms with Crippen molar-refractivity contribution in [2.45, 2.75) is 57.4 Å². The molecule has 102 valence electrons. The predicted octanol–water partition coefficient (Wildman–Crippen LogP) is 2.14. The summed E-state index contributed by atoms with van der Waals surface area (Å²) in [7, 11) is 0. The van der Waals surface area contributed by atoms with Crippen LogP contribution in [0.4, 0.5) is 0 Å². The van der Waals surface area contributed by atoms with Crippen molar-refractivity contribution in [3.63, 3.8) is 0 Å².